The van der Waals surface area contributed by atoms with Crippen LogP contribution in [0.1, 0.15) is 13.3 Å². The largest absolute Gasteiger partial charge is 0.489 e. The second-order valence-corrected chi connectivity index (χ2v) is 3.80. The van der Waals surface area contributed by atoms with Crippen LogP contribution in [0.3, 0.4) is 0 Å². The molecule has 1 unspecified atom stereocenters. The van der Waals surface area contributed by atoms with Crippen molar-refractivity contribution in [3.8, 4) is 5.75 Å². The number of carbonyl (C=O) groups is 1. The molecule has 1 N–H and O–H groups in total. The lowest BCUT2D eigenvalue weighted by molar-refractivity contribution is -0.143. The number of ether oxygens (including phenoxy) is 2. The predicted molar refractivity (Wildman–Crippen MR) is 60.6 cm³/mol. The fourth-order valence-corrected chi connectivity index (χ4v) is 1.72. The molecule has 2 rings (SSSR count). The molecule has 0 aliphatic carbocycles. The van der Waals surface area contributed by atoms with Gasteiger partial charge in [-0.25, -0.2) is 4.39 Å². The fraction of sp³-hybridized carbons (Fsp3) is 0.417. The van der Waals surface area contributed by atoms with Gasteiger partial charge in [0.2, 0.25) is 0 Å². The average molecular weight is 239 g/mol. The summed E-state index contributed by atoms with van der Waals surface area (Å²) in [6.45, 7) is 2.49. The molecule has 0 aromatic heterocycles. The first-order chi connectivity index (χ1) is 8.19. The molecule has 0 amide bonds. The Morgan fingerprint density at radius 2 is 2.47 bits per heavy atom. The third kappa shape index (κ3) is 2.87. The first-order valence-electron chi connectivity index (χ1n) is 5.53. The third-order valence-electron chi connectivity index (χ3n) is 2.46. The number of hydrogen-bond donors (Lipinski definition) is 1. The van der Waals surface area contributed by atoms with Crippen LogP contribution < -0.4 is 10.1 Å². The van der Waals surface area contributed by atoms with Crippen molar-refractivity contribution in [1.29, 1.82) is 0 Å². The van der Waals surface area contributed by atoms with E-state index in [0.717, 1.165) is 0 Å². The number of anilines is 1. The molecule has 1 heterocycles. The van der Waals surface area contributed by atoms with Gasteiger partial charge in [-0.1, -0.05) is 0 Å². The summed E-state index contributed by atoms with van der Waals surface area (Å²) in [7, 11) is 0. The van der Waals surface area contributed by atoms with Gasteiger partial charge in [0, 0.05) is 6.07 Å². The summed E-state index contributed by atoms with van der Waals surface area (Å²) in [5.41, 5.74) is 0.575. The monoisotopic (exact) mass is 239 g/mol. The van der Waals surface area contributed by atoms with Crippen LogP contribution in [0, 0.1) is 5.82 Å². The van der Waals surface area contributed by atoms with Gasteiger partial charge >= 0.3 is 5.97 Å². The summed E-state index contributed by atoms with van der Waals surface area (Å²) in [5.74, 6) is -0.0170. The Labute approximate surface area is 98.7 Å². The van der Waals surface area contributed by atoms with Crippen molar-refractivity contribution in [3.63, 3.8) is 0 Å². The first kappa shape index (κ1) is 11.7. The van der Waals surface area contributed by atoms with E-state index >= 15 is 0 Å². The van der Waals surface area contributed by atoms with E-state index in [9.17, 15) is 9.18 Å². The van der Waals surface area contributed by atoms with E-state index in [1.54, 1.807) is 13.0 Å². The van der Waals surface area contributed by atoms with Gasteiger partial charge in [0.25, 0.3) is 0 Å². The second kappa shape index (κ2) is 5.03. The Morgan fingerprint density at radius 3 is 3.24 bits per heavy atom. The zero-order valence-corrected chi connectivity index (χ0v) is 9.53. The quantitative estimate of drug-likeness (QED) is 0.819. The lowest BCUT2D eigenvalue weighted by Crippen LogP contribution is -2.34. The Hall–Kier alpha value is -1.78. The van der Waals surface area contributed by atoms with Crippen molar-refractivity contribution in [2.45, 2.75) is 19.4 Å². The Kier molecular flexibility index (Phi) is 3.46. The SMILES string of the molecule is CCOC(=O)CC1COc2ccc(F)cc2N1. The van der Waals surface area contributed by atoms with Crippen molar-refractivity contribution >= 4 is 11.7 Å². The van der Waals surface area contributed by atoms with E-state index in [1.165, 1.54) is 12.1 Å². The number of esters is 1. The summed E-state index contributed by atoms with van der Waals surface area (Å²) in [6, 6.07) is 4.08. The van der Waals surface area contributed by atoms with E-state index in [0.29, 0.717) is 24.7 Å². The second-order valence-electron chi connectivity index (χ2n) is 3.80. The molecule has 1 aromatic rings. The number of rotatable bonds is 3. The Morgan fingerprint density at radius 1 is 1.65 bits per heavy atom. The van der Waals surface area contributed by atoms with Crippen LogP contribution >= 0.6 is 0 Å². The van der Waals surface area contributed by atoms with Crippen molar-refractivity contribution in [3.05, 3.63) is 24.0 Å². The van der Waals surface area contributed by atoms with Crippen molar-refractivity contribution in [2.75, 3.05) is 18.5 Å². The number of fused-ring (bicyclic) bond motifs is 1. The molecule has 92 valence electrons. The van der Waals surface area contributed by atoms with Gasteiger partial charge in [0.15, 0.2) is 0 Å². The van der Waals surface area contributed by atoms with Gasteiger partial charge in [-0.2, -0.15) is 0 Å². The molecule has 1 aliphatic heterocycles. The predicted octanol–water partition coefficient (Wildman–Crippen LogP) is 1.95. The van der Waals surface area contributed by atoms with Crippen LogP contribution in [0.15, 0.2) is 18.2 Å². The molecule has 1 aliphatic rings. The molecule has 0 fully saturated rings. The molecule has 0 bridgehead atoms. The van der Waals surface area contributed by atoms with Crippen LogP contribution in [0.2, 0.25) is 0 Å². The minimum absolute atomic E-state index is 0.177. The molecular weight excluding hydrogens is 225 g/mol. The first-order valence-corrected chi connectivity index (χ1v) is 5.53. The van der Waals surface area contributed by atoms with Crippen molar-refractivity contribution in [2.24, 2.45) is 0 Å². The summed E-state index contributed by atoms with van der Waals surface area (Å²) in [5, 5.41) is 3.06. The van der Waals surface area contributed by atoms with Gasteiger partial charge in [-0.05, 0) is 19.1 Å². The number of hydrogen-bond acceptors (Lipinski definition) is 4. The molecule has 4 nitrogen and oxygen atoms in total. The highest BCUT2D eigenvalue weighted by Gasteiger charge is 2.22. The summed E-state index contributed by atoms with van der Waals surface area (Å²) >= 11 is 0. The van der Waals surface area contributed by atoms with Crippen LogP contribution in [-0.2, 0) is 9.53 Å². The number of carbonyl (C=O) groups excluding carboxylic acids is 1. The van der Waals surface area contributed by atoms with Crippen molar-refractivity contribution in [1.82, 2.24) is 0 Å². The number of nitrogens with one attached hydrogen (secondary N) is 1. The third-order valence-corrected chi connectivity index (χ3v) is 2.46. The maximum absolute atomic E-state index is 13.0. The van der Waals surface area contributed by atoms with Gasteiger partial charge in [-0.3, -0.25) is 4.79 Å². The van der Waals surface area contributed by atoms with E-state index in [1.807, 2.05) is 0 Å². The molecule has 0 radical (unpaired) electrons. The standard InChI is InChI=1S/C12H14FNO3/c1-2-16-12(15)6-9-7-17-11-4-3-8(13)5-10(11)14-9/h3-5,9,14H,2,6-7H2,1H3. The molecule has 17 heavy (non-hydrogen) atoms. The number of halogens is 1. The van der Waals surface area contributed by atoms with Crippen LogP contribution in [-0.4, -0.2) is 25.2 Å². The molecule has 5 heteroatoms. The Balaban J connectivity index is 2.00. The lowest BCUT2D eigenvalue weighted by Gasteiger charge is -2.26. The fourth-order valence-electron chi connectivity index (χ4n) is 1.72. The Bertz CT molecular complexity index is 422. The smallest absolute Gasteiger partial charge is 0.307 e. The van der Waals surface area contributed by atoms with Gasteiger partial charge in [-0.15, -0.1) is 0 Å². The van der Waals surface area contributed by atoms with Crippen LogP contribution in [0.25, 0.3) is 0 Å². The molecule has 1 aromatic carbocycles. The maximum atomic E-state index is 13.0. The van der Waals surface area contributed by atoms with E-state index < -0.39 is 0 Å². The molecule has 0 spiro atoms. The van der Waals surface area contributed by atoms with Crippen molar-refractivity contribution < 1.29 is 18.7 Å². The van der Waals surface area contributed by atoms with E-state index in [4.69, 9.17) is 9.47 Å². The highest BCUT2D eigenvalue weighted by Crippen LogP contribution is 2.29. The summed E-state index contributed by atoms with van der Waals surface area (Å²) in [4.78, 5) is 11.3. The number of benzene rings is 1. The van der Waals surface area contributed by atoms with Gasteiger partial charge in [0.05, 0.1) is 24.8 Å². The van der Waals surface area contributed by atoms with E-state index in [-0.39, 0.29) is 24.2 Å². The molecule has 1 atom stereocenters. The highest BCUT2D eigenvalue weighted by atomic mass is 19.1. The average Bonchev–Trinajstić information content (AvgIpc) is 2.28. The summed E-state index contributed by atoms with van der Waals surface area (Å²) in [6.07, 6.45) is 0.212. The minimum atomic E-state index is -0.336. The normalized spacial score (nSPS) is 17.6. The maximum Gasteiger partial charge on any atom is 0.307 e. The lowest BCUT2D eigenvalue weighted by atomic mass is 10.1. The highest BCUT2D eigenvalue weighted by molar-refractivity contribution is 5.71. The minimum Gasteiger partial charge on any atom is -0.489 e. The van der Waals surface area contributed by atoms with Gasteiger partial charge in [0.1, 0.15) is 18.2 Å². The van der Waals surface area contributed by atoms with Crippen LogP contribution in [0.4, 0.5) is 10.1 Å². The van der Waals surface area contributed by atoms with E-state index in [2.05, 4.69) is 5.32 Å². The molecule has 0 saturated heterocycles. The topological polar surface area (TPSA) is 47.6 Å². The molecular formula is C12H14FNO3. The van der Waals surface area contributed by atoms with Gasteiger partial charge < -0.3 is 14.8 Å². The zero-order valence-electron chi connectivity index (χ0n) is 9.53. The molecule has 0 saturated carbocycles. The zero-order chi connectivity index (χ0) is 12.3. The van der Waals surface area contributed by atoms with Crippen LogP contribution in [0.5, 0.6) is 5.75 Å². The summed E-state index contributed by atoms with van der Waals surface area (Å²) < 4.78 is 23.3.